The Balaban J connectivity index is 2.27. The molecule has 1 aliphatic rings. The first-order valence-electron chi connectivity index (χ1n) is 6.67. The molecule has 104 valence electrons. The number of hydrogen-bond donors (Lipinski definition) is 1. The number of nitrogens with two attached hydrogens (primary N) is 1. The Labute approximate surface area is 112 Å². The molecule has 0 radical (unpaired) electrons. The van der Waals surface area contributed by atoms with Crippen molar-refractivity contribution in [2.75, 3.05) is 18.5 Å². The number of hydrogen-bond acceptors (Lipinski definition) is 5. The number of rotatable bonds is 4. The summed E-state index contributed by atoms with van der Waals surface area (Å²) in [6.07, 6.45) is 5.93. The maximum Gasteiger partial charge on any atom is 0.387 e. The fourth-order valence-electron chi connectivity index (χ4n) is 2.96. The van der Waals surface area contributed by atoms with Crippen LogP contribution in [0.2, 0.25) is 0 Å². The number of anilines is 1. The maximum atomic E-state index is 11.1. The topological polar surface area (TPSA) is 85.3 Å². The molecule has 1 aromatic rings. The first-order chi connectivity index (χ1) is 9.15. The molecule has 1 saturated carbocycles. The van der Waals surface area contributed by atoms with Crippen molar-refractivity contribution in [2.45, 2.75) is 31.7 Å². The molecule has 1 heterocycles. The number of aromatic nitrogens is 1. The molecular formula is C13H20N4O2. The summed E-state index contributed by atoms with van der Waals surface area (Å²) in [5, 5.41) is 11.1. The molecule has 1 fully saturated rings. The molecule has 0 saturated heterocycles. The summed E-state index contributed by atoms with van der Waals surface area (Å²) in [5.41, 5.74) is 6.41. The van der Waals surface area contributed by atoms with Gasteiger partial charge >= 0.3 is 5.82 Å². The predicted octanol–water partition coefficient (Wildman–Crippen LogP) is 1.94. The minimum absolute atomic E-state index is 0.0775. The molecule has 0 aromatic carbocycles. The van der Waals surface area contributed by atoms with Crippen molar-refractivity contribution in [1.29, 1.82) is 0 Å². The van der Waals surface area contributed by atoms with Crippen LogP contribution < -0.4 is 10.6 Å². The molecule has 0 bridgehead atoms. The van der Waals surface area contributed by atoms with Crippen molar-refractivity contribution in [3.8, 4) is 0 Å². The third kappa shape index (κ3) is 2.84. The van der Waals surface area contributed by atoms with Crippen molar-refractivity contribution in [2.24, 2.45) is 11.7 Å². The van der Waals surface area contributed by atoms with Gasteiger partial charge in [-0.15, -0.1) is 0 Å². The molecule has 2 unspecified atom stereocenters. The molecule has 6 heteroatoms. The molecule has 2 N–H and O–H groups in total. The second kappa shape index (κ2) is 5.97. The molecule has 0 amide bonds. The molecule has 1 aliphatic carbocycles. The van der Waals surface area contributed by atoms with Crippen LogP contribution in [0, 0.1) is 16.0 Å². The van der Waals surface area contributed by atoms with Crippen molar-refractivity contribution in [3.63, 3.8) is 0 Å². The van der Waals surface area contributed by atoms with E-state index < -0.39 is 4.92 Å². The van der Waals surface area contributed by atoms with Gasteiger partial charge in [0.05, 0.1) is 0 Å². The van der Waals surface area contributed by atoms with E-state index in [1.54, 1.807) is 12.1 Å². The quantitative estimate of drug-likeness (QED) is 0.663. The summed E-state index contributed by atoms with van der Waals surface area (Å²) in [6, 6.07) is 3.76. The van der Waals surface area contributed by atoms with E-state index in [0.29, 0.717) is 18.2 Å². The molecule has 1 aromatic heterocycles. The minimum atomic E-state index is -0.424. The lowest BCUT2D eigenvalue weighted by Gasteiger charge is -2.38. The van der Waals surface area contributed by atoms with E-state index in [9.17, 15) is 10.1 Å². The van der Waals surface area contributed by atoms with Crippen LogP contribution in [-0.2, 0) is 0 Å². The van der Waals surface area contributed by atoms with E-state index in [2.05, 4.69) is 4.98 Å². The number of nitrogens with zero attached hydrogens (tertiary/aromatic N) is 3. The van der Waals surface area contributed by atoms with Gasteiger partial charge in [0, 0.05) is 13.1 Å². The average Bonchev–Trinajstić information content (AvgIpc) is 2.46. The third-order valence-corrected chi connectivity index (χ3v) is 3.99. The van der Waals surface area contributed by atoms with Gasteiger partial charge in [-0.2, -0.15) is 0 Å². The highest BCUT2D eigenvalue weighted by Gasteiger charge is 2.30. The zero-order valence-corrected chi connectivity index (χ0v) is 11.2. The number of pyridine rings is 1. The van der Waals surface area contributed by atoms with Gasteiger partial charge in [0.25, 0.3) is 0 Å². The van der Waals surface area contributed by atoms with Gasteiger partial charge in [-0.05, 0) is 47.3 Å². The summed E-state index contributed by atoms with van der Waals surface area (Å²) in [6.45, 7) is 0.628. The highest BCUT2D eigenvalue weighted by atomic mass is 16.6. The van der Waals surface area contributed by atoms with Crippen molar-refractivity contribution >= 4 is 11.5 Å². The van der Waals surface area contributed by atoms with Gasteiger partial charge in [0.15, 0.2) is 0 Å². The van der Waals surface area contributed by atoms with Crippen LogP contribution in [0.4, 0.5) is 11.5 Å². The first kappa shape index (κ1) is 13.7. The van der Waals surface area contributed by atoms with Crippen LogP contribution in [0.3, 0.4) is 0 Å². The van der Waals surface area contributed by atoms with E-state index in [1.165, 1.54) is 12.6 Å². The normalized spacial score (nSPS) is 23.1. The zero-order valence-electron chi connectivity index (χ0n) is 11.2. The van der Waals surface area contributed by atoms with Gasteiger partial charge in [-0.3, -0.25) is 0 Å². The summed E-state index contributed by atoms with van der Waals surface area (Å²) in [5.74, 6) is 0.324. The van der Waals surface area contributed by atoms with Gasteiger partial charge in [-0.1, -0.05) is 12.8 Å². The lowest BCUT2D eigenvalue weighted by Crippen LogP contribution is -2.43. The van der Waals surface area contributed by atoms with Gasteiger partial charge < -0.3 is 20.7 Å². The Bertz CT molecular complexity index is 452. The van der Waals surface area contributed by atoms with Gasteiger partial charge in [0.2, 0.25) is 0 Å². The monoisotopic (exact) mass is 264 g/mol. The molecule has 0 aliphatic heterocycles. The van der Waals surface area contributed by atoms with E-state index in [4.69, 9.17) is 5.73 Å². The minimum Gasteiger partial charge on any atom is -0.364 e. The Kier molecular flexibility index (Phi) is 4.31. The van der Waals surface area contributed by atoms with E-state index in [-0.39, 0.29) is 11.9 Å². The molecule has 2 atom stereocenters. The van der Waals surface area contributed by atoms with Crippen LogP contribution in [-0.4, -0.2) is 29.5 Å². The van der Waals surface area contributed by atoms with E-state index in [1.807, 2.05) is 11.9 Å². The lowest BCUT2D eigenvalue weighted by molar-refractivity contribution is -0.388. The largest absolute Gasteiger partial charge is 0.387 e. The second-order valence-electron chi connectivity index (χ2n) is 5.06. The summed E-state index contributed by atoms with van der Waals surface area (Å²) < 4.78 is 0. The highest BCUT2D eigenvalue weighted by molar-refractivity contribution is 5.59. The Morgan fingerprint density at radius 2 is 2.26 bits per heavy atom. The van der Waals surface area contributed by atoms with Crippen LogP contribution in [0.25, 0.3) is 0 Å². The Morgan fingerprint density at radius 3 is 2.95 bits per heavy atom. The standard InChI is InChI=1S/C13H20N4O2/c1-16(11-6-3-2-5-10(11)9-14)12-7-4-8-15-13(12)17(18)19/h4,7-8,10-11H,2-3,5-6,9,14H2,1H3. The van der Waals surface area contributed by atoms with Gasteiger partial charge in [-0.25, -0.2) is 0 Å². The van der Waals surface area contributed by atoms with Crippen LogP contribution in [0.1, 0.15) is 25.7 Å². The molecular weight excluding hydrogens is 244 g/mol. The lowest BCUT2D eigenvalue weighted by atomic mass is 9.83. The summed E-state index contributed by atoms with van der Waals surface area (Å²) in [4.78, 5) is 16.5. The molecule has 6 nitrogen and oxygen atoms in total. The van der Waals surface area contributed by atoms with Crippen molar-refractivity contribution in [3.05, 3.63) is 28.4 Å². The molecule has 19 heavy (non-hydrogen) atoms. The SMILES string of the molecule is CN(c1cccnc1[N+](=O)[O-])C1CCCCC1CN. The zero-order chi connectivity index (χ0) is 13.8. The predicted molar refractivity (Wildman–Crippen MR) is 74.1 cm³/mol. The van der Waals surface area contributed by atoms with E-state index in [0.717, 1.165) is 19.3 Å². The highest BCUT2D eigenvalue weighted by Crippen LogP contribution is 2.33. The maximum absolute atomic E-state index is 11.1. The summed E-state index contributed by atoms with van der Waals surface area (Å²) in [7, 11) is 1.91. The fraction of sp³-hybridized carbons (Fsp3) is 0.615. The fourth-order valence-corrected chi connectivity index (χ4v) is 2.96. The summed E-state index contributed by atoms with van der Waals surface area (Å²) >= 11 is 0. The average molecular weight is 264 g/mol. The van der Waals surface area contributed by atoms with Crippen LogP contribution in [0.5, 0.6) is 0 Å². The number of nitro groups is 1. The van der Waals surface area contributed by atoms with Crippen LogP contribution >= 0.6 is 0 Å². The van der Waals surface area contributed by atoms with Crippen LogP contribution in [0.15, 0.2) is 18.3 Å². The molecule has 2 rings (SSSR count). The van der Waals surface area contributed by atoms with E-state index >= 15 is 0 Å². The third-order valence-electron chi connectivity index (χ3n) is 3.99. The second-order valence-corrected chi connectivity index (χ2v) is 5.06. The Morgan fingerprint density at radius 1 is 1.53 bits per heavy atom. The first-order valence-corrected chi connectivity index (χ1v) is 6.67. The van der Waals surface area contributed by atoms with Crippen molar-refractivity contribution in [1.82, 2.24) is 4.98 Å². The van der Waals surface area contributed by atoms with Gasteiger partial charge in [0.1, 0.15) is 11.9 Å². The smallest absolute Gasteiger partial charge is 0.364 e. The molecule has 0 spiro atoms. The van der Waals surface area contributed by atoms with Crippen molar-refractivity contribution < 1.29 is 4.92 Å². The Hall–Kier alpha value is -1.69.